The molecule has 1 rings (SSSR count). The minimum Gasteiger partial charge on any atom is -1.00 e. The van der Waals surface area contributed by atoms with Crippen LogP contribution < -0.4 is 28.6 Å². The Labute approximate surface area is 122 Å². The molecule has 18 heavy (non-hydrogen) atoms. The zero-order valence-electron chi connectivity index (χ0n) is 12.2. The first-order chi connectivity index (χ1) is 6.94. The molecule has 0 aromatic rings. The quantitative estimate of drug-likeness (QED) is 0.451. The first-order valence-electron chi connectivity index (χ1n) is 6.00. The van der Waals surface area contributed by atoms with Crippen LogP contribution in [0, 0.1) is 0 Å². The predicted octanol–water partition coefficient (Wildman–Crippen LogP) is -2.30. The molecule has 0 saturated carbocycles. The van der Waals surface area contributed by atoms with E-state index in [2.05, 4.69) is 56.0 Å². The summed E-state index contributed by atoms with van der Waals surface area (Å²) >= 11 is -3.41. The Hall–Kier alpha value is 0.461. The molecule has 0 atom stereocenters. The van der Waals surface area contributed by atoms with Crippen LogP contribution in [0.15, 0.2) is 23.4 Å². The zero-order valence-corrected chi connectivity index (χ0v) is 16.3. The third-order valence-corrected chi connectivity index (χ3v) is 43.0. The number of amides is 1. The average Bonchev–Trinajstić information content (AvgIpc) is 2.51. The van der Waals surface area contributed by atoms with E-state index in [9.17, 15) is 4.79 Å². The maximum Gasteiger partial charge on any atom is -1.00 e. The second-order valence-electron chi connectivity index (χ2n) is 8.31. The summed E-state index contributed by atoms with van der Waals surface area (Å²) < 4.78 is 3.29. The third kappa shape index (κ3) is 3.31. The molecule has 0 fully saturated rings. The molecule has 2 nitrogen and oxygen atoms in total. The first-order valence-corrected chi connectivity index (χ1v) is 18.4. The van der Waals surface area contributed by atoms with Gasteiger partial charge in [-0.2, -0.15) is 0 Å². The summed E-state index contributed by atoms with van der Waals surface area (Å²) in [4.78, 5) is 11.0. The number of carbonyl (C=O) groups is 1. The van der Waals surface area contributed by atoms with Crippen molar-refractivity contribution in [1.29, 1.82) is 0 Å². The maximum atomic E-state index is 11.0. The van der Waals surface area contributed by atoms with Gasteiger partial charge in [0, 0.05) is 0 Å². The second-order valence-corrected chi connectivity index (χ2v) is 43.7. The van der Waals surface area contributed by atoms with Gasteiger partial charge in [0.25, 0.3) is 0 Å². The Morgan fingerprint density at radius 1 is 1.22 bits per heavy atom. The van der Waals surface area contributed by atoms with Crippen molar-refractivity contribution < 1.29 is 43.1 Å². The fraction of sp³-hybridized carbons (Fsp3) is 0.583. The van der Waals surface area contributed by atoms with Crippen LogP contribution in [0.1, 0.15) is 6.42 Å². The average molecular weight is 346 g/mol. The Balaban J connectivity index is 0. The third-order valence-electron chi connectivity index (χ3n) is 5.01. The number of nitrogens with one attached hydrogen (secondary N) is 1. The van der Waals surface area contributed by atoms with E-state index < -0.39 is 19.5 Å². The number of halogens is 2. The molecule has 6 heteroatoms. The number of allylic oxidation sites excluding steroid dienone is 4. The van der Waals surface area contributed by atoms with Crippen LogP contribution in [-0.2, 0) is 18.3 Å². The Morgan fingerprint density at radius 2 is 1.72 bits per heavy atom. The van der Waals surface area contributed by atoms with Crippen molar-refractivity contribution in [3.63, 3.8) is 0 Å². The van der Waals surface area contributed by atoms with E-state index in [1.165, 1.54) is 5.20 Å². The van der Waals surface area contributed by atoms with Crippen LogP contribution in [0.25, 0.3) is 0 Å². The molecule has 106 valence electrons. The molecule has 0 aliphatic heterocycles. The van der Waals surface area contributed by atoms with E-state index in [0.717, 1.165) is 12.8 Å². The first kappa shape index (κ1) is 20.8. The van der Waals surface area contributed by atoms with Gasteiger partial charge in [-0.1, -0.05) is 0 Å². The Kier molecular flexibility index (Phi) is 5.88. The second kappa shape index (κ2) is 5.10. The Bertz CT molecular complexity index is 395. The van der Waals surface area contributed by atoms with Crippen molar-refractivity contribution in [1.82, 2.24) is 3.80 Å². The van der Waals surface area contributed by atoms with Crippen LogP contribution >= 0.6 is 0 Å². The van der Waals surface area contributed by atoms with Crippen molar-refractivity contribution in [2.75, 3.05) is 0 Å². The summed E-state index contributed by atoms with van der Waals surface area (Å²) in [6, 6.07) is 0. The molecule has 0 unspecified atom stereocenters. The zero-order chi connectivity index (χ0) is 12.7. The molecule has 1 aliphatic carbocycles. The summed E-state index contributed by atoms with van der Waals surface area (Å²) in [6.07, 6.45) is 8.79. The summed E-state index contributed by atoms with van der Waals surface area (Å²) in [5, 5.41) is 10.9. The summed E-state index contributed by atoms with van der Waals surface area (Å²) in [5.41, 5.74) is 0. The van der Waals surface area contributed by atoms with Gasteiger partial charge in [0.15, 0.2) is 0 Å². The van der Waals surface area contributed by atoms with Crippen LogP contribution in [0.2, 0.25) is 34.0 Å². The van der Waals surface area contributed by atoms with Gasteiger partial charge in [0.05, 0.1) is 0 Å². The van der Waals surface area contributed by atoms with Crippen molar-refractivity contribution in [3.8, 4) is 0 Å². The number of hydrogen-bond acceptors (Lipinski definition) is 1. The summed E-state index contributed by atoms with van der Waals surface area (Å²) in [5.74, 6) is -1.65. The largest absolute Gasteiger partial charge is 1.00 e. The van der Waals surface area contributed by atoms with Crippen molar-refractivity contribution in [3.05, 3.63) is 23.4 Å². The minimum atomic E-state index is -3.41. The van der Waals surface area contributed by atoms with E-state index in [0.29, 0.717) is 0 Å². The SMILES string of the molecule is C[Si](C)(C1=CCC=C1)[Ti+2]([CH3])([CH3])([CH3])([CH3])[NH]C=O.[Cl-].[Cl-]. The molecule has 0 spiro atoms. The van der Waals surface area contributed by atoms with E-state index in [1.807, 2.05) is 0 Å². The van der Waals surface area contributed by atoms with Crippen LogP contribution in [0.3, 0.4) is 0 Å². The molecular weight excluding hydrogens is 321 g/mol. The van der Waals surface area contributed by atoms with Crippen LogP contribution in [0.4, 0.5) is 0 Å². The number of carbonyl (C=O) groups excluding carboxylic acids is 1. The van der Waals surface area contributed by atoms with E-state index in [4.69, 9.17) is 0 Å². The molecule has 1 amide bonds. The molecule has 0 heterocycles. The number of rotatable bonds is 4. The molecule has 1 N–H and O–H groups in total. The van der Waals surface area contributed by atoms with Crippen molar-refractivity contribution in [2.24, 2.45) is 0 Å². The standard InChI is InChI=1S/C7H11Si.CH3NO.4CH3.2ClH.Ti/c1-8(2)7-5-3-4-6-7;2-1-3;;;;;;;/h3,5-6H,4H2,1-2H3;1H,(H2,2,3);4*1H3;2*1H;/q;;;;;;;;+3/p-3. The molecule has 0 aromatic carbocycles. The molecular formula is C12H25Cl2NOSiTi. The normalized spacial score (nSPS) is 16.7. The monoisotopic (exact) mass is 345 g/mol. The van der Waals surface area contributed by atoms with Gasteiger partial charge in [-0.15, -0.1) is 0 Å². The van der Waals surface area contributed by atoms with E-state index >= 15 is 0 Å². The van der Waals surface area contributed by atoms with Gasteiger partial charge < -0.3 is 24.8 Å². The van der Waals surface area contributed by atoms with Gasteiger partial charge in [-0.05, 0) is 0 Å². The summed E-state index contributed by atoms with van der Waals surface area (Å²) in [6.45, 7) is 4.80. The smallest absolute Gasteiger partial charge is 1.00 e. The van der Waals surface area contributed by atoms with Crippen molar-refractivity contribution in [2.45, 2.75) is 40.4 Å². The van der Waals surface area contributed by atoms with E-state index in [-0.39, 0.29) is 24.8 Å². The Morgan fingerprint density at radius 3 is 2.06 bits per heavy atom. The van der Waals surface area contributed by atoms with Gasteiger partial charge in [-0.3, -0.25) is 0 Å². The maximum absolute atomic E-state index is 11.0. The number of hydrogen-bond donors (Lipinski definition) is 1. The van der Waals surface area contributed by atoms with Gasteiger partial charge in [-0.25, -0.2) is 0 Å². The fourth-order valence-corrected chi connectivity index (χ4v) is 14.6. The molecule has 0 aromatic heterocycles. The van der Waals surface area contributed by atoms with Crippen LogP contribution in [0.5, 0.6) is 0 Å². The van der Waals surface area contributed by atoms with E-state index in [1.54, 1.807) is 0 Å². The van der Waals surface area contributed by atoms with Gasteiger partial charge >= 0.3 is 98.3 Å². The van der Waals surface area contributed by atoms with Crippen LogP contribution in [-0.4, -0.2) is 12.4 Å². The molecule has 0 bridgehead atoms. The van der Waals surface area contributed by atoms with Crippen molar-refractivity contribution >= 4 is 12.4 Å². The van der Waals surface area contributed by atoms with Gasteiger partial charge in [0.2, 0.25) is 0 Å². The fourth-order valence-electron chi connectivity index (χ4n) is 2.02. The molecule has 0 saturated heterocycles. The van der Waals surface area contributed by atoms with Gasteiger partial charge in [0.1, 0.15) is 0 Å². The minimum absolute atomic E-state index is 0. The molecule has 0 radical (unpaired) electrons. The molecule has 1 aliphatic rings. The predicted molar refractivity (Wildman–Crippen MR) is 72.0 cm³/mol. The topological polar surface area (TPSA) is 29.1 Å². The summed E-state index contributed by atoms with van der Waals surface area (Å²) in [7, 11) is 0.